The van der Waals surface area contributed by atoms with Gasteiger partial charge in [-0.05, 0) is 25.0 Å². The molecule has 0 aromatic carbocycles. The van der Waals surface area contributed by atoms with Crippen molar-refractivity contribution in [3.63, 3.8) is 0 Å². The maximum Gasteiger partial charge on any atom is 0.270 e. The summed E-state index contributed by atoms with van der Waals surface area (Å²) in [5, 5.41) is 6.03. The molecule has 6 nitrogen and oxygen atoms in total. The van der Waals surface area contributed by atoms with E-state index in [9.17, 15) is 4.79 Å². The molecule has 2 aromatic rings. The van der Waals surface area contributed by atoms with Gasteiger partial charge in [-0.3, -0.25) is 9.78 Å². The van der Waals surface area contributed by atoms with Gasteiger partial charge in [-0.2, -0.15) is 0 Å². The van der Waals surface area contributed by atoms with Crippen molar-refractivity contribution >= 4 is 11.7 Å². The van der Waals surface area contributed by atoms with Gasteiger partial charge in [-0.15, -0.1) is 0 Å². The van der Waals surface area contributed by atoms with E-state index in [4.69, 9.17) is 0 Å². The third-order valence-electron chi connectivity index (χ3n) is 3.09. The first kappa shape index (κ1) is 14.9. The number of nitrogens with one attached hydrogen (secondary N) is 2. The Kier molecular flexibility index (Phi) is 5.20. The Morgan fingerprint density at radius 1 is 1.38 bits per heavy atom. The molecule has 1 unspecified atom stereocenters. The van der Waals surface area contributed by atoms with Crippen molar-refractivity contribution in [2.75, 3.05) is 5.32 Å². The van der Waals surface area contributed by atoms with E-state index in [2.05, 4.69) is 25.6 Å². The molecular weight excluding hydrogens is 266 g/mol. The molecule has 2 N–H and O–H groups in total. The molecular formula is C15H19N5O. The van der Waals surface area contributed by atoms with Crippen LogP contribution in [0.15, 0.2) is 36.9 Å². The second kappa shape index (κ2) is 7.33. The monoisotopic (exact) mass is 285 g/mol. The average molecular weight is 285 g/mol. The van der Waals surface area contributed by atoms with E-state index in [1.54, 1.807) is 18.5 Å². The topological polar surface area (TPSA) is 79.8 Å². The van der Waals surface area contributed by atoms with E-state index < -0.39 is 0 Å². The Balaban J connectivity index is 1.99. The molecule has 0 spiro atoms. The van der Waals surface area contributed by atoms with Crippen LogP contribution in [-0.2, 0) is 6.54 Å². The number of pyridine rings is 1. The van der Waals surface area contributed by atoms with Crippen LogP contribution in [0.5, 0.6) is 0 Å². The normalized spacial score (nSPS) is 11.7. The number of hydrogen-bond donors (Lipinski definition) is 2. The van der Waals surface area contributed by atoms with Crippen LogP contribution < -0.4 is 10.6 Å². The Morgan fingerprint density at radius 3 is 2.95 bits per heavy atom. The standard InChI is InChI=1S/C15H19N5O/c1-3-11(2)20-15(21)13-7-14(19-10-18-13)17-9-12-5-4-6-16-8-12/h4-8,10-11H,3,9H2,1-2H3,(H,20,21)(H,17,18,19). The number of hydrogen-bond acceptors (Lipinski definition) is 5. The van der Waals surface area contributed by atoms with E-state index in [-0.39, 0.29) is 11.9 Å². The van der Waals surface area contributed by atoms with E-state index in [0.717, 1.165) is 12.0 Å². The van der Waals surface area contributed by atoms with E-state index in [1.807, 2.05) is 26.0 Å². The highest BCUT2D eigenvalue weighted by molar-refractivity contribution is 5.93. The summed E-state index contributed by atoms with van der Waals surface area (Å²) in [4.78, 5) is 24.2. The molecule has 0 aliphatic rings. The third-order valence-corrected chi connectivity index (χ3v) is 3.09. The molecule has 2 rings (SSSR count). The summed E-state index contributed by atoms with van der Waals surface area (Å²) in [5.74, 6) is 0.430. The van der Waals surface area contributed by atoms with Crippen molar-refractivity contribution in [2.24, 2.45) is 0 Å². The fourth-order valence-corrected chi connectivity index (χ4v) is 1.67. The maximum absolute atomic E-state index is 12.0. The first-order valence-corrected chi connectivity index (χ1v) is 6.94. The van der Waals surface area contributed by atoms with Crippen LogP contribution in [-0.4, -0.2) is 26.9 Å². The molecule has 0 radical (unpaired) electrons. The predicted molar refractivity (Wildman–Crippen MR) is 80.8 cm³/mol. The minimum Gasteiger partial charge on any atom is -0.366 e. The molecule has 0 saturated heterocycles. The van der Waals surface area contributed by atoms with Gasteiger partial charge in [0.05, 0.1) is 0 Å². The molecule has 0 bridgehead atoms. The van der Waals surface area contributed by atoms with Crippen molar-refractivity contribution in [2.45, 2.75) is 32.9 Å². The second-order valence-corrected chi connectivity index (χ2v) is 4.79. The van der Waals surface area contributed by atoms with Crippen LogP contribution in [0.3, 0.4) is 0 Å². The molecule has 0 fully saturated rings. The molecule has 1 atom stereocenters. The summed E-state index contributed by atoms with van der Waals surface area (Å²) in [7, 11) is 0. The SMILES string of the molecule is CCC(C)NC(=O)c1cc(NCc2cccnc2)ncn1. The summed E-state index contributed by atoms with van der Waals surface area (Å²) in [6.45, 7) is 4.57. The van der Waals surface area contributed by atoms with E-state index in [1.165, 1.54) is 6.33 Å². The van der Waals surface area contributed by atoms with Gasteiger partial charge in [0.15, 0.2) is 0 Å². The average Bonchev–Trinajstić information content (AvgIpc) is 2.54. The largest absolute Gasteiger partial charge is 0.366 e. The lowest BCUT2D eigenvalue weighted by molar-refractivity contribution is 0.0934. The zero-order chi connectivity index (χ0) is 15.1. The molecule has 2 aromatic heterocycles. The van der Waals surface area contributed by atoms with E-state index in [0.29, 0.717) is 18.1 Å². The molecule has 1 amide bonds. The van der Waals surface area contributed by atoms with Crippen LogP contribution in [0.4, 0.5) is 5.82 Å². The number of carbonyl (C=O) groups excluding carboxylic acids is 1. The molecule has 0 saturated carbocycles. The molecule has 0 aliphatic heterocycles. The van der Waals surface area contributed by atoms with Crippen LogP contribution in [0.2, 0.25) is 0 Å². The number of nitrogens with zero attached hydrogens (tertiary/aromatic N) is 3. The number of aromatic nitrogens is 3. The maximum atomic E-state index is 12.0. The predicted octanol–water partition coefficient (Wildman–Crippen LogP) is 2.01. The number of amides is 1. The highest BCUT2D eigenvalue weighted by Gasteiger charge is 2.10. The van der Waals surface area contributed by atoms with Crippen molar-refractivity contribution in [1.29, 1.82) is 0 Å². The molecule has 0 aliphatic carbocycles. The second-order valence-electron chi connectivity index (χ2n) is 4.79. The van der Waals surface area contributed by atoms with Crippen LogP contribution in [0, 0.1) is 0 Å². The summed E-state index contributed by atoms with van der Waals surface area (Å²) in [6, 6.07) is 5.62. The first-order chi connectivity index (χ1) is 10.2. The van der Waals surface area contributed by atoms with Crippen molar-refractivity contribution in [3.05, 3.63) is 48.2 Å². The van der Waals surface area contributed by atoms with Gasteiger partial charge < -0.3 is 10.6 Å². The summed E-state index contributed by atoms with van der Waals surface area (Å²) >= 11 is 0. The van der Waals surface area contributed by atoms with Gasteiger partial charge in [0.25, 0.3) is 5.91 Å². The van der Waals surface area contributed by atoms with Crippen molar-refractivity contribution in [1.82, 2.24) is 20.3 Å². The molecule has 110 valence electrons. The number of anilines is 1. The van der Waals surface area contributed by atoms with Gasteiger partial charge in [0, 0.05) is 31.0 Å². The van der Waals surface area contributed by atoms with Crippen LogP contribution >= 0.6 is 0 Å². The fraction of sp³-hybridized carbons (Fsp3) is 0.333. The Bertz CT molecular complexity index is 588. The lowest BCUT2D eigenvalue weighted by atomic mass is 10.2. The Hall–Kier alpha value is -2.50. The Labute approximate surface area is 124 Å². The van der Waals surface area contributed by atoms with Gasteiger partial charge in [-0.1, -0.05) is 13.0 Å². The van der Waals surface area contributed by atoms with Gasteiger partial charge >= 0.3 is 0 Å². The Morgan fingerprint density at radius 2 is 2.24 bits per heavy atom. The van der Waals surface area contributed by atoms with E-state index >= 15 is 0 Å². The minimum absolute atomic E-state index is 0.124. The van der Waals surface area contributed by atoms with Crippen LogP contribution in [0.1, 0.15) is 36.3 Å². The highest BCUT2D eigenvalue weighted by Crippen LogP contribution is 2.07. The highest BCUT2D eigenvalue weighted by atomic mass is 16.1. The lowest BCUT2D eigenvalue weighted by Gasteiger charge is -2.11. The smallest absolute Gasteiger partial charge is 0.270 e. The first-order valence-electron chi connectivity index (χ1n) is 6.94. The van der Waals surface area contributed by atoms with Crippen molar-refractivity contribution < 1.29 is 4.79 Å². The fourth-order valence-electron chi connectivity index (χ4n) is 1.67. The zero-order valence-electron chi connectivity index (χ0n) is 12.2. The van der Waals surface area contributed by atoms with Crippen molar-refractivity contribution in [3.8, 4) is 0 Å². The van der Waals surface area contributed by atoms with Gasteiger partial charge in [0.1, 0.15) is 17.8 Å². The van der Waals surface area contributed by atoms with Gasteiger partial charge in [-0.25, -0.2) is 9.97 Å². The zero-order valence-corrected chi connectivity index (χ0v) is 12.2. The number of rotatable bonds is 6. The summed E-state index contributed by atoms with van der Waals surface area (Å²) in [6.07, 6.45) is 5.77. The molecule has 21 heavy (non-hydrogen) atoms. The molecule has 6 heteroatoms. The quantitative estimate of drug-likeness (QED) is 0.848. The summed E-state index contributed by atoms with van der Waals surface area (Å²) < 4.78 is 0. The minimum atomic E-state index is -0.184. The van der Waals surface area contributed by atoms with Crippen LogP contribution in [0.25, 0.3) is 0 Å². The number of carbonyl (C=O) groups is 1. The van der Waals surface area contributed by atoms with Gasteiger partial charge in [0.2, 0.25) is 0 Å². The molecule has 2 heterocycles. The summed E-state index contributed by atoms with van der Waals surface area (Å²) in [5.41, 5.74) is 1.40. The lowest BCUT2D eigenvalue weighted by Crippen LogP contribution is -2.32. The third kappa shape index (κ3) is 4.52.